The largest absolute Gasteiger partial charge is 0.342 e. The van der Waals surface area contributed by atoms with E-state index < -0.39 is 0 Å². The molecule has 4 aliphatic rings. The Morgan fingerprint density at radius 2 is 1.12 bits per heavy atom. The van der Waals surface area contributed by atoms with Gasteiger partial charge in [-0.05, 0) is 86.7 Å². The smallest absolute Gasteiger partial charge is 0.201 e. The SMILES string of the molecule is c1cc(-c2ccc3c(c2)C2(c4ccccc4-c4ccccc42)c2ccccc2-3)cc(N2CCCN3CCCN=C32)c1. The molecule has 0 radical (unpaired) electrons. The van der Waals surface area contributed by atoms with Crippen molar-refractivity contribution in [2.45, 2.75) is 18.3 Å². The van der Waals surface area contributed by atoms with E-state index in [4.69, 9.17) is 4.99 Å². The van der Waals surface area contributed by atoms with Crippen molar-refractivity contribution >= 4 is 11.6 Å². The molecule has 0 N–H and O–H groups in total. The number of hydrogen-bond acceptors (Lipinski definition) is 3. The van der Waals surface area contributed by atoms with Crippen LogP contribution in [0, 0.1) is 0 Å². The second kappa shape index (κ2) is 8.68. The first-order chi connectivity index (χ1) is 20.3. The first-order valence-electron chi connectivity index (χ1n) is 15.0. The molecule has 0 bridgehead atoms. The Morgan fingerprint density at radius 3 is 1.83 bits per heavy atom. The van der Waals surface area contributed by atoms with Gasteiger partial charge in [0.15, 0.2) is 0 Å². The summed E-state index contributed by atoms with van der Waals surface area (Å²) in [5.74, 6) is 1.15. The standard InChI is InChI=1S/C38H31N3/c1-4-15-33-29(12-1)30-13-2-5-16-34(30)38(33)35-17-6-3-14-31(35)32-19-18-27(25-36(32)38)26-10-7-11-28(24-26)41-23-9-22-40-21-8-20-39-37(40)41/h1-7,10-19,24-25H,8-9,20-23H2. The highest BCUT2D eigenvalue weighted by Gasteiger charge is 2.51. The van der Waals surface area contributed by atoms with Gasteiger partial charge in [0.05, 0.1) is 5.41 Å². The van der Waals surface area contributed by atoms with E-state index in [0.29, 0.717) is 0 Å². The summed E-state index contributed by atoms with van der Waals surface area (Å²) in [6, 6.07) is 43.4. The minimum absolute atomic E-state index is 0.309. The fourth-order valence-corrected chi connectivity index (χ4v) is 8.00. The quantitative estimate of drug-likeness (QED) is 0.226. The number of rotatable bonds is 2. The lowest BCUT2D eigenvalue weighted by atomic mass is 9.70. The molecule has 1 saturated heterocycles. The van der Waals surface area contributed by atoms with E-state index in [1.165, 1.54) is 67.7 Å². The van der Waals surface area contributed by atoms with E-state index in [-0.39, 0.29) is 5.41 Å². The van der Waals surface area contributed by atoms with Crippen molar-refractivity contribution in [2.75, 3.05) is 31.1 Å². The van der Waals surface area contributed by atoms with E-state index in [9.17, 15) is 0 Å². The summed E-state index contributed by atoms with van der Waals surface area (Å²) in [4.78, 5) is 9.84. The van der Waals surface area contributed by atoms with Crippen LogP contribution in [0.15, 0.2) is 120 Å². The number of benzene rings is 5. The topological polar surface area (TPSA) is 18.8 Å². The van der Waals surface area contributed by atoms with Gasteiger partial charge in [0.25, 0.3) is 0 Å². The lowest BCUT2D eigenvalue weighted by molar-refractivity contribution is 0.360. The lowest BCUT2D eigenvalue weighted by Gasteiger charge is -2.41. The Balaban J connectivity index is 1.24. The third-order valence-corrected chi connectivity index (χ3v) is 9.66. The van der Waals surface area contributed by atoms with Crippen LogP contribution in [0.1, 0.15) is 35.1 Å². The molecule has 0 unspecified atom stereocenters. The van der Waals surface area contributed by atoms with Gasteiger partial charge in [-0.15, -0.1) is 0 Å². The lowest BCUT2D eigenvalue weighted by Crippen LogP contribution is -2.52. The number of fused-ring (bicyclic) bond motifs is 11. The normalized spacial score (nSPS) is 17.4. The van der Waals surface area contributed by atoms with Gasteiger partial charge in [-0.25, -0.2) is 0 Å². The van der Waals surface area contributed by atoms with Gasteiger partial charge < -0.3 is 9.80 Å². The first-order valence-corrected chi connectivity index (χ1v) is 15.0. The van der Waals surface area contributed by atoms with Gasteiger partial charge in [-0.2, -0.15) is 0 Å². The molecule has 3 heteroatoms. The Labute approximate surface area is 241 Å². The van der Waals surface area contributed by atoms with Crippen molar-refractivity contribution < 1.29 is 0 Å². The average molecular weight is 530 g/mol. The molecule has 2 aliphatic carbocycles. The molecule has 5 aromatic rings. The van der Waals surface area contributed by atoms with Crippen molar-refractivity contribution in [1.82, 2.24) is 4.90 Å². The number of nitrogens with zero attached hydrogens (tertiary/aromatic N) is 3. The van der Waals surface area contributed by atoms with Gasteiger partial charge in [-0.1, -0.05) is 97.1 Å². The average Bonchev–Trinajstić information content (AvgIpc) is 3.52. The van der Waals surface area contributed by atoms with Crippen LogP contribution in [0.4, 0.5) is 5.69 Å². The summed E-state index contributed by atoms with van der Waals surface area (Å²) < 4.78 is 0. The zero-order valence-corrected chi connectivity index (χ0v) is 23.1. The molecule has 2 heterocycles. The van der Waals surface area contributed by atoms with E-state index in [0.717, 1.165) is 38.6 Å². The zero-order valence-electron chi connectivity index (χ0n) is 23.1. The molecule has 1 fully saturated rings. The molecule has 0 amide bonds. The van der Waals surface area contributed by atoms with E-state index in [2.05, 4.69) is 125 Å². The molecule has 198 valence electrons. The Kier molecular flexibility index (Phi) is 4.89. The molecule has 0 atom stereocenters. The molecule has 9 rings (SSSR count). The molecule has 0 aromatic heterocycles. The van der Waals surface area contributed by atoms with Crippen LogP contribution in [0.25, 0.3) is 33.4 Å². The highest BCUT2D eigenvalue weighted by atomic mass is 15.4. The van der Waals surface area contributed by atoms with E-state index >= 15 is 0 Å². The number of anilines is 1. The molecule has 5 aromatic carbocycles. The van der Waals surface area contributed by atoms with Gasteiger partial charge in [0.2, 0.25) is 5.96 Å². The zero-order chi connectivity index (χ0) is 27.0. The summed E-state index contributed by atoms with van der Waals surface area (Å²) in [6.45, 7) is 4.18. The second-order valence-electron chi connectivity index (χ2n) is 11.7. The summed E-state index contributed by atoms with van der Waals surface area (Å²) in [5.41, 5.74) is 14.4. The first kappa shape index (κ1) is 23.1. The maximum absolute atomic E-state index is 4.94. The molecule has 41 heavy (non-hydrogen) atoms. The van der Waals surface area contributed by atoms with Gasteiger partial charge in [0.1, 0.15) is 0 Å². The van der Waals surface area contributed by atoms with Crippen molar-refractivity contribution in [1.29, 1.82) is 0 Å². The van der Waals surface area contributed by atoms with Crippen molar-refractivity contribution in [3.63, 3.8) is 0 Å². The fourth-order valence-electron chi connectivity index (χ4n) is 8.00. The molecule has 0 saturated carbocycles. The van der Waals surface area contributed by atoms with Crippen molar-refractivity contribution in [3.8, 4) is 33.4 Å². The number of hydrogen-bond donors (Lipinski definition) is 0. The summed E-state index contributed by atoms with van der Waals surface area (Å²) in [7, 11) is 0. The van der Waals surface area contributed by atoms with Gasteiger partial charge >= 0.3 is 0 Å². The molecular weight excluding hydrogens is 498 g/mol. The minimum atomic E-state index is -0.309. The second-order valence-corrected chi connectivity index (χ2v) is 11.7. The molecular formula is C38H31N3. The highest BCUT2D eigenvalue weighted by Crippen LogP contribution is 2.62. The molecule has 2 aliphatic heterocycles. The van der Waals surface area contributed by atoms with E-state index in [1.807, 2.05) is 0 Å². The predicted molar refractivity (Wildman–Crippen MR) is 169 cm³/mol. The summed E-state index contributed by atoms with van der Waals surface area (Å²) in [5, 5.41) is 0. The maximum Gasteiger partial charge on any atom is 0.201 e. The van der Waals surface area contributed by atoms with Crippen LogP contribution < -0.4 is 4.90 Å². The summed E-state index contributed by atoms with van der Waals surface area (Å²) in [6.07, 6.45) is 2.32. The highest BCUT2D eigenvalue weighted by molar-refractivity contribution is 5.98. The third-order valence-electron chi connectivity index (χ3n) is 9.66. The predicted octanol–water partition coefficient (Wildman–Crippen LogP) is 7.97. The van der Waals surface area contributed by atoms with Crippen LogP contribution in [-0.2, 0) is 5.41 Å². The number of guanidine groups is 1. The molecule has 3 nitrogen and oxygen atoms in total. The molecule has 1 spiro atoms. The Hall–Kier alpha value is -4.63. The van der Waals surface area contributed by atoms with E-state index in [1.54, 1.807) is 0 Å². The third kappa shape index (κ3) is 3.12. The number of aliphatic imine (C=N–C) groups is 1. The van der Waals surface area contributed by atoms with Crippen LogP contribution in [0.2, 0.25) is 0 Å². The van der Waals surface area contributed by atoms with Crippen LogP contribution in [0.3, 0.4) is 0 Å². The Bertz CT molecular complexity index is 1820. The van der Waals surface area contributed by atoms with Crippen LogP contribution >= 0.6 is 0 Å². The minimum Gasteiger partial charge on any atom is -0.342 e. The van der Waals surface area contributed by atoms with Gasteiger partial charge in [-0.3, -0.25) is 4.99 Å². The Morgan fingerprint density at radius 1 is 0.512 bits per heavy atom. The monoisotopic (exact) mass is 529 g/mol. The summed E-state index contributed by atoms with van der Waals surface area (Å²) >= 11 is 0. The van der Waals surface area contributed by atoms with Crippen molar-refractivity contribution in [3.05, 3.63) is 138 Å². The van der Waals surface area contributed by atoms with Gasteiger partial charge in [0, 0.05) is 31.9 Å². The van der Waals surface area contributed by atoms with Crippen molar-refractivity contribution in [2.24, 2.45) is 4.99 Å². The van der Waals surface area contributed by atoms with Crippen LogP contribution in [0.5, 0.6) is 0 Å². The fraction of sp³-hybridized carbons (Fsp3) is 0.184. The maximum atomic E-state index is 4.94. The van der Waals surface area contributed by atoms with Crippen LogP contribution in [-0.4, -0.2) is 37.0 Å².